The number of carbonyl (C=O) groups excluding carboxylic acids is 1. The highest BCUT2D eigenvalue weighted by Gasteiger charge is 2.35. The Morgan fingerprint density at radius 1 is 1.33 bits per heavy atom. The summed E-state index contributed by atoms with van der Waals surface area (Å²) in [6.45, 7) is 0.829. The number of hydrogen-bond donors (Lipinski definition) is 1. The lowest BCUT2D eigenvalue weighted by Crippen LogP contribution is -2.42. The van der Waals surface area contributed by atoms with Gasteiger partial charge in [0.25, 0.3) is 0 Å². The van der Waals surface area contributed by atoms with Crippen molar-refractivity contribution < 1.29 is 14.7 Å². The number of likely N-dealkylation sites (tertiary alicyclic amines) is 1. The second-order valence-corrected chi connectivity index (χ2v) is 4.55. The summed E-state index contributed by atoms with van der Waals surface area (Å²) in [5, 5.41) is 8.89. The maximum Gasteiger partial charge on any atom is 0.306 e. The fraction of sp³-hybridized carbons (Fsp3) is 0.818. The molecule has 0 aromatic heterocycles. The molecule has 0 aromatic carbocycles. The van der Waals surface area contributed by atoms with E-state index in [0.717, 1.165) is 32.2 Å². The standard InChI is InChI=1S/C11H17NO3/c13-10-3-1-2-6-12(10)9-5-4-8(7-9)11(14)15/h8-9H,1-7H2,(H,14,15)/t8?,9-/m0/s1. The zero-order chi connectivity index (χ0) is 10.8. The lowest BCUT2D eigenvalue weighted by molar-refractivity contribution is -0.142. The van der Waals surface area contributed by atoms with Gasteiger partial charge >= 0.3 is 5.97 Å². The monoisotopic (exact) mass is 211 g/mol. The molecule has 1 saturated carbocycles. The van der Waals surface area contributed by atoms with E-state index in [-0.39, 0.29) is 17.9 Å². The normalized spacial score (nSPS) is 32.0. The molecule has 1 heterocycles. The number of aliphatic carboxylic acids is 1. The topological polar surface area (TPSA) is 57.6 Å². The highest BCUT2D eigenvalue weighted by molar-refractivity contribution is 5.77. The van der Waals surface area contributed by atoms with Crippen LogP contribution in [0.1, 0.15) is 38.5 Å². The van der Waals surface area contributed by atoms with E-state index in [1.807, 2.05) is 4.90 Å². The minimum atomic E-state index is -0.707. The molecule has 2 fully saturated rings. The first-order chi connectivity index (χ1) is 7.18. The SMILES string of the molecule is O=C(O)C1CC[C@H](N2CCCCC2=O)C1. The van der Waals surface area contributed by atoms with Gasteiger partial charge in [0, 0.05) is 19.0 Å². The van der Waals surface area contributed by atoms with Crippen molar-refractivity contribution in [3.05, 3.63) is 0 Å². The number of carboxylic acids is 1. The lowest BCUT2D eigenvalue weighted by atomic mass is 10.1. The van der Waals surface area contributed by atoms with Gasteiger partial charge in [0.1, 0.15) is 0 Å². The molecule has 0 radical (unpaired) electrons. The maximum atomic E-state index is 11.6. The van der Waals surface area contributed by atoms with E-state index in [4.69, 9.17) is 5.11 Å². The number of carboxylic acid groups (broad SMARTS) is 1. The van der Waals surface area contributed by atoms with Crippen LogP contribution >= 0.6 is 0 Å². The Morgan fingerprint density at radius 3 is 2.73 bits per heavy atom. The third-order valence-electron chi connectivity index (χ3n) is 3.55. The summed E-state index contributed by atoms with van der Waals surface area (Å²) in [5.41, 5.74) is 0. The van der Waals surface area contributed by atoms with E-state index in [2.05, 4.69) is 0 Å². The molecular formula is C11H17NO3. The van der Waals surface area contributed by atoms with Gasteiger partial charge in [-0.15, -0.1) is 0 Å². The summed E-state index contributed by atoms with van der Waals surface area (Å²) < 4.78 is 0. The first-order valence-corrected chi connectivity index (χ1v) is 5.71. The molecule has 84 valence electrons. The van der Waals surface area contributed by atoms with Gasteiger partial charge in [0.2, 0.25) is 5.91 Å². The first kappa shape index (κ1) is 10.5. The number of amides is 1. The molecule has 2 rings (SSSR count). The zero-order valence-corrected chi connectivity index (χ0v) is 8.82. The van der Waals surface area contributed by atoms with Crippen LogP contribution in [0, 0.1) is 5.92 Å². The molecule has 4 heteroatoms. The van der Waals surface area contributed by atoms with Crippen LogP contribution in [0.25, 0.3) is 0 Å². The molecule has 0 bridgehead atoms. The second-order valence-electron chi connectivity index (χ2n) is 4.55. The summed E-state index contributed by atoms with van der Waals surface area (Å²) in [6.07, 6.45) is 4.95. The van der Waals surface area contributed by atoms with Crippen molar-refractivity contribution >= 4 is 11.9 Å². The van der Waals surface area contributed by atoms with Gasteiger partial charge in [-0.3, -0.25) is 9.59 Å². The first-order valence-electron chi connectivity index (χ1n) is 5.71. The average Bonchev–Trinajstić information content (AvgIpc) is 2.67. The molecule has 1 aliphatic carbocycles. The van der Waals surface area contributed by atoms with Crippen LogP contribution in [0.3, 0.4) is 0 Å². The van der Waals surface area contributed by atoms with Gasteiger partial charge < -0.3 is 10.0 Å². The Labute approximate surface area is 89.3 Å². The van der Waals surface area contributed by atoms with E-state index >= 15 is 0 Å². The van der Waals surface area contributed by atoms with E-state index in [0.29, 0.717) is 12.8 Å². The molecule has 0 aromatic rings. The Kier molecular flexibility index (Phi) is 2.93. The maximum absolute atomic E-state index is 11.6. The Balaban J connectivity index is 1.94. The van der Waals surface area contributed by atoms with Crippen molar-refractivity contribution in [3.63, 3.8) is 0 Å². The van der Waals surface area contributed by atoms with Crippen LogP contribution in [-0.2, 0) is 9.59 Å². The Hall–Kier alpha value is -1.06. The fourth-order valence-corrected chi connectivity index (χ4v) is 2.68. The van der Waals surface area contributed by atoms with Crippen molar-refractivity contribution in [2.75, 3.05) is 6.54 Å². The molecule has 1 N–H and O–H groups in total. The molecule has 1 saturated heterocycles. The van der Waals surface area contributed by atoms with Crippen LogP contribution in [0.15, 0.2) is 0 Å². The molecule has 1 aliphatic heterocycles. The second kappa shape index (κ2) is 4.21. The van der Waals surface area contributed by atoms with Gasteiger partial charge in [0.15, 0.2) is 0 Å². The Bertz CT molecular complexity index is 277. The highest BCUT2D eigenvalue weighted by Crippen LogP contribution is 2.31. The van der Waals surface area contributed by atoms with Gasteiger partial charge in [-0.2, -0.15) is 0 Å². The van der Waals surface area contributed by atoms with Crippen molar-refractivity contribution in [2.24, 2.45) is 5.92 Å². The number of rotatable bonds is 2. The summed E-state index contributed by atoms with van der Waals surface area (Å²) in [5.74, 6) is -0.719. The number of nitrogens with zero attached hydrogens (tertiary/aromatic N) is 1. The van der Waals surface area contributed by atoms with Crippen LogP contribution in [-0.4, -0.2) is 34.5 Å². The van der Waals surface area contributed by atoms with Gasteiger partial charge in [-0.05, 0) is 32.1 Å². The van der Waals surface area contributed by atoms with E-state index in [9.17, 15) is 9.59 Å². The zero-order valence-electron chi connectivity index (χ0n) is 8.82. The van der Waals surface area contributed by atoms with Gasteiger partial charge in [0.05, 0.1) is 5.92 Å². The van der Waals surface area contributed by atoms with Crippen molar-refractivity contribution in [2.45, 2.75) is 44.6 Å². The smallest absolute Gasteiger partial charge is 0.306 e. The third kappa shape index (κ3) is 2.13. The average molecular weight is 211 g/mol. The van der Waals surface area contributed by atoms with Gasteiger partial charge in [-0.1, -0.05) is 0 Å². The largest absolute Gasteiger partial charge is 0.481 e. The van der Waals surface area contributed by atoms with E-state index in [1.165, 1.54) is 0 Å². The van der Waals surface area contributed by atoms with E-state index < -0.39 is 5.97 Å². The predicted molar refractivity (Wildman–Crippen MR) is 54.3 cm³/mol. The highest BCUT2D eigenvalue weighted by atomic mass is 16.4. The fourth-order valence-electron chi connectivity index (χ4n) is 2.68. The molecule has 1 unspecified atom stereocenters. The summed E-state index contributed by atoms with van der Waals surface area (Å²) in [4.78, 5) is 24.4. The lowest BCUT2D eigenvalue weighted by Gasteiger charge is -2.32. The molecule has 0 spiro atoms. The summed E-state index contributed by atoms with van der Waals surface area (Å²) in [7, 11) is 0. The number of hydrogen-bond acceptors (Lipinski definition) is 2. The Morgan fingerprint density at radius 2 is 2.13 bits per heavy atom. The number of carbonyl (C=O) groups is 2. The van der Waals surface area contributed by atoms with Gasteiger partial charge in [-0.25, -0.2) is 0 Å². The van der Waals surface area contributed by atoms with Crippen LogP contribution in [0.4, 0.5) is 0 Å². The predicted octanol–water partition coefficient (Wildman–Crippen LogP) is 1.25. The molecule has 4 nitrogen and oxygen atoms in total. The third-order valence-corrected chi connectivity index (χ3v) is 3.55. The number of piperidine rings is 1. The van der Waals surface area contributed by atoms with Crippen LogP contribution in [0.2, 0.25) is 0 Å². The quantitative estimate of drug-likeness (QED) is 0.748. The van der Waals surface area contributed by atoms with E-state index in [1.54, 1.807) is 0 Å². The summed E-state index contributed by atoms with van der Waals surface area (Å²) >= 11 is 0. The molecule has 15 heavy (non-hydrogen) atoms. The minimum absolute atomic E-state index is 0.193. The van der Waals surface area contributed by atoms with Crippen molar-refractivity contribution in [1.82, 2.24) is 4.90 Å². The van der Waals surface area contributed by atoms with Crippen molar-refractivity contribution in [3.8, 4) is 0 Å². The molecule has 2 atom stereocenters. The molecule has 1 amide bonds. The van der Waals surface area contributed by atoms with Crippen LogP contribution in [0.5, 0.6) is 0 Å². The molecule has 2 aliphatic rings. The molecular weight excluding hydrogens is 194 g/mol. The van der Waals surface area contributed by atoms with Crippen LogP contribution < -0.4 is 0 Å². The minimum Gasteiger partial charge on any atom is -0.481 e. The summed E-state index contributed by atoms with van der Waals surface area (Å²) in [6, 6.07) is 0.193. The van der Waals surface area contributed by atoms with Crippen molar-refractivity contribution in [1.29, 1.82) is 0 Å².